The average molecular weight is 353 g/mol. The van der Waals surface area contributed by atoms with E-state index in [2.05, 4.69) is 15.6 Å². The van der Waals surface area contributed by atoms with Crippen LogP contribution in [0.4, 0.5) is 13.2 Å². The van der Waals surface area contributed by atoms with E-state index in [1.807, 2.05) is 19.1 Å². The van der Waals surface area contributed by atoms with Gasteiger partial charge in [0.25, 0.3) is 0 Å². The Morgan fingerprint density at radius 2 is 2.00 bits per heavy atom. The van der Waals surface area contributed by atoms with Crippen LogP contribution in [0.25, 0.3) is 0 Å². The van der Waals surface area contributed by atoms with Crippen LogP contribution in [-0.4, -0.2) is 19.6 Å². The second-order valence-corrected chi connectivity index (χ2v) is 5.74. The maximum absolute atomic E-state index is 12.8. The SMILES string of the molecule is CN=C(NCCC(C)c1cccc(C(F)(F)F)c1)NCc1ccco1. The summed E-state index contributed by atoms with van der Waals surface area (Å²) in [6, 6.07) is 9.15. The number of rotatable bonds is 6. The van der Waals surface area contributed by atoms with Crippen LogP contribution in [-0.2, 0) is 12.7 Å². The zero-order valence-electron chi connectivity index (χ0n) is 14.2. The Labute approximate surface area is 145 Å². The summed E-state index contributed by atoms with van der Waals surface area (Å²) < 4.78 is 43.6. The number of alkyl halides is 3. The highest BCUT2D eigenvalue weighted by atomic mass is 19.4. The van der Waals surface area contributed by atoms with Gasteiger partial charge in [-0.15, -0.1) is 0 Å². The van der Waals surface area contributed by atoms with Crippen molar-refractivity contribution in [3.63, 3.8) is 0 Å². The maximum atomic E-state index is 12.8. The molecule has 2 rings (SSSR count). The summed E-state index contributed by atoms with van der Waals surface area (Å²) in [5.41, 5.74) is 0.0656. The van der Waals surface area contributed by atoms with Gasteiger partial charge in [-0.1, -0.05) is 25.1 Å². The Bertz CT molecular complexity index is 681. The van der Waals surface area contributed by atoms with Crippen molar-refractivity contribution in [3.05, 3.63) is 59.5 Å². The molecule has 7 heteroatoms. The molecule has 1 aromatic carbocycles. The third-order valence-electron chi connectivity index (χ3n) is 3.89. The number of aliphatic imine (C=N–C) groups is 1. The van der Waals surface area contributed by atoms with E-state index in [4.69, 9.17) is 4.42 Å². The predicted molar refractivity (Wildman–Crippen MR) is 91.4 cm³/mol. The van der Waals surface area contributed by atoms with Gasteiger partial charge >= 0.3 is 6.18 Å². The molecular formula is C18H22F3N3O. The molecule has 2 aromatic rings. The lowest BCUT2D eigenvalue weighted by Gasteiger charge is -2.16. The van der Waals surface area contributed by atoms with Crippen LogP contribution in [0.1, 0.15) is 36.1 Å². The number of guanidine groups is 1. The molecule has 136 valence electrons. The number of halogens is 3. The minimum Gasteiger partial charge on any atom is -0.467 e. The molecule has 0 amide bonds. The van der Waals surface area contributed by atoms with E-state index < -0.39 is 11.7 Å². The first kappa shape index (κ1) is 18.9. The van der Waals surface area contributed by atoms with Crippen molar-refractivity contribution in [1.82, 2.24) is 10.6 Å². The molecule has 0 spiro atoms. The zero-order valence-corrected chi connectivity index (χ0v) is 14.2. The highest BCUT2D eigenvalue weighted by Gasteiger charge is 2.30. The van der Waals surface area contributed by atoms with Gasteiger partial charge in [0.2, 0.25) is 0 Å². The van der Waals surface area contributed by atoms with E-state index in [1.165, 1.54) is 12.1 Å². The van der Waals surface area contributed by atoms with Gasteiger partial charge in [-0.05, 0) is 36.1 Å². The Balaban J connectivity index is 1.82. The van der Waals surface area contributed by atoms with Crippen LogP contribution in [0, 0.1) is 0 Å². The van der Waals surface area contributed by atoms with Gasteiger partial charge in [-0.3, -0.25) is 4.99 Å². The molecule has 1 aromatic heterocycles. The van der Waals surface area contributed by atoms with Crippen molar-refractivity contribution < 1.29 is 17.6 Å². The van der Waals surface area contributed by atoms with E-state index in [1.54, 1.807) is 19.4 Å². The largest absolute Gasteiger partial charge is 0.467 e. The van der Waals surface area contributed by atoms with Crippen molar-refractivity contribution in [2.24, 2.45) is 4.99 Å². The summed E-state index contributed by atoms with van der Waals surface area (Å²) in [5, 5.41) is 6.26. The molecule has 0 aliphatic rings. The highest BCUT2D eigenvalue weighted by Crippen LogP contribution is 2.31. The summed E-state index contributed by atoms with van der Waals surface area (Å²) in [6.07, 6.45) is -2.03. The summed E-state index contributed by atoms with van der Waals surface area (Å²) >= 11 is 0. The lowest BCUT2D eigenvalue weighted by Crippen LogP contribution is -2.37. The Kier molecular flexibility index (Phi) is 6.50. The first-order valence-electron chi connectivity index (χ1n) is 8.04. The van der Waals surface area contributed by atoms with E-state index in [0.29, 0.717) is 31.0 Å². The molecule has 4 nitrogen and oxygen atoms in total. The zero-order chi connectivity index (χ0) is 18.3. The maximum Gasteiger partial charge on any atom is 0.416 e. The number of hydrogen-bond donors (Lipinski definition) is 2. The van der Waals surface area contributed by atoms with Crippen LogP contribution in [0.5, 0.6) is 0 Å². The third-order valence-corrected chi connectivity index (χ3v) is 3.89. The van der Waals surface area contributed by atoms with Gasteiger partial charge < -0.3 is 15.1 Å². The van der Waals surface area contributed by atoms with Crippen molar-refractivity contribution in [2.75, 3.05) is 13.6 Å². The summed E-state index contributed by atoms with van der Waals surface area (Å²) in [6.45, 7) is 3.02. The lowest BCUT2D eigenvalue weighted by atomic mass is 9.96. The second kappa shape index (κ2) is 8.60. The van der Waals surface area contributed by atoms with Crippen LogP contribution in [0.15, 0.2) is 52.1 Å². The molecule has 0 aliphatic heterocycles. The molecule has 0 fully saturated rings. The van der Waals surface area contributed by atoms with Gasteiger partial charge in [0.05, 0.1) is 18.4 Å². The standard InChI is InChI=1S/C18H22F3N3O/c1-13(14-5-3-6-15(11-14)18(19,20)21)8-9-23-17(22-2)24-12-16-7-4-10-25-16/h3-7,10-11,13H,8-9,12H2,1-2H3,(H2,22,23,24). The molecule has 0 aliphatic carbocycles. The summed E-state index contributed by atoms with van der Waals surface area (Å²) in [5.74, 6) is 1.41. The smallest absolute Gasteiger partial charge is 0.416 e. The Hall–Kier alpha value is -2.44. The van der Waals surface area contributed by atoms with Crippen LogP contribution in [0.2, 0.25) is 0 Å². The molecule has 1 heterocycles. The molecule has 1 atom stereocenters. The van der Waals surface area contributed by atoms with Gasteiger partial charge in [-0.25, -0.2) is 0 Å². The summed E-state index contributed by atoms with van der Waals surface area (Å²) in [7, 11) is 1.66. The Morgan fingerprint density at radius 1 is 1.20 bits per heavy atom. The third kappa shape index (κ3) is 5.85. The van der Waals surface area contributed by atoms with Crippen LogP contribution < -0.4 is 10.6 Å². The van der Waals surface area contributed by atoms with Gasteiger partial charge in [-0.2, -0.15) is 13.2 Å². The molecule has 0 bridgehead atoms. The monoisotopic (exact) mass is 353 g/mol. The molecule has 0 saturated heterocycles. The average Bonchev–Trinajstić information content (AvgIpc) is 3.10. The van der Waals surface area contributed by atoms with E-state index in [9.17, 15) is 13.2 Å². The minimum atomic E-state index is -4.31. The first-order valence-corrected chi connectivity index (χ1v) is 8.04. The molecule has 25 heavy (non-hydrogen) atoms. The van der Waals surface area contributed by atoms with Gasteiger partial charge in [0, 0.05) is 13.6 Å². The fourth-order valence-electron chi connectivity index (χ4n) is 2.40. The molecular weight excluding hydrogens is 331 g/mol. The number of benzene rings is 1. The summed E-state index contributed by atoms with van der Waals surface area (Å²) in [4.78, 5) is 4.11. The van der Waals surface area contributed by atoms with Gasteiger partial charge in [0.1, 0.15) is 5.76 Å². The van der Waals surface area contributed by atoms with E-state index in [0.717, 1.165) is 11.8 Å². The predicted octanol–water partition coefficient (Wildman–Crippen LogP) is 4.16. The molecule has 0 radical (unpaired) electrons. The van der Waals surface area contributed by atoms with Crippen molar-refractivity contribution >= 4 is 5.96 Å². The molecule has 1 unspecified atom stereocenters. The number of furan rings is 1. The first-order chi connectivity index (χ1) is 11.9. The number of nitrogens with zero attached hydrogens (tertiary/aromatic N) is 1. The topological polar surface area (TPSA) is 49.6 Å². The van der Waals surface area contributed by atoms with E-state index in [-0.39, 0.29) is 5.92 Å². The minimum absolute atomic E-state index is 0.00187. The molecule has 0 saturated carbocycles. The van der Waals surface area contributed by atoms with Crippen molar-refractivity contribution in [1.29, 1.82) is 0 Å². The lowest BCUT2D eigenvalue weighted by molar-refractivity contribution is -0.137. The highest BCUT2D eigenvalue weighted by molar-refractivity contribution is 5.79. The number of hydrogen-bond acceptors (Lipinski definition) is 2. The normalized spacial score (nSPS) is 13.6. The van der Waals surface area contributed by atoms with Crippen LogP contribution in [0.3, 0.4) is 0 Å². The quantitative estimate of drug-likeness (QED) is 0.606. The van der Waals surface area contributed by atoms with Crippen molar-refractivity contribution in [2.45, 2.75) is 32.0 Å². The fraction of sp³-hybridized carbons (Fsp3) is 0.389. The second-order valence-electron chi connectivity index (χ2n) is 5.74. The van der Waals surface area contributed by atoms with Gasteiger partial charge in [0.15, 0.2) is 5.96 Å². The van der Waals surface area contributed by atoms with Crippen LogP contribution >= 0.6 is 0 Å². The number of nitrogens with one attached hydrogen (secondary N) is 2. The van der Waals surface area contributed by atoms with Crippen molar-refractivity contribution in [3.8, 4) is 0 Å². The molecule has 2 N–H and O–H groups in total. The fourth-order valence-corrected chi connectivity index (χ4v) is 2.40. The van der Waals surface area contributed by atoms with E-state index >= 15 is 0 Å². The Morgan fingerprint density at radius 3 is 2.64 bits per heavy atom.